The number of anilines is 1. The molecule has 1 aromatic heterocycles. The number of para-hydroxylation sites is 2. The second-order valence-corrected chi connectivity index (χ2v) is 9.84. The first-order valence-electron chi connectivity index (χ1n) is 10.2. The molecule has 10 heteroatoms. The van der Waals surface area contributed by atoms with E-state index in [9.17, 15) is 18.0 Å². The topological polar surface area (TPSA) is 109 Å². The Balaban J connectivity index is 1.62. The third-order valence-electron chi connectivity index (χ3n) is 5.24. The average Bonchev–Trinajstić information content (AvgIpc) is 2.84. The third-order valence-corrected chi connectivity index (χ3v) is 7.35. The van der Waals surface area contributed by atoms with E-state index >= 15 is 0 Å². The van der Waals surface area contributed by atoms with Crippen LogP contribution in [-0.4, -0.2) is 31.4 Å². The summed E-state index contributed by atoms with van der Waals surface area (Å²) in [7, 11) is -2.55. The zero-order valence-electron chi connectivity index (χ0n) is 18.2. The standard InChI is InChI=1S/C24H20ClN3O5S/c1-15(22-26-21-11-7-6-10-18(21)23(29)27-22)33-24(30)19-14-17(12-13-20(19)25)34(31,32)28(2)16-8-4-3-5-9-16/h3-15H,1-2H3,(H,26,27,29)/t15-/m0/s1. The molecule has 8 nitrogen and oxygen atoms in total. The van der Waals surface area contributed by atoms with Crippen LogP contribution in [0.2, 0.25) is 5.02 Å². The number of nitrogens with one attached hydrogen (secondary N) is 1. The van der Waals surface area contributed by atoms with E-state index < -0.39 is 22.1 Å². The Morgan fingerprint density at radius 1 is 1.06 bits per heavy atom. The fourth-order valence-corrected chi connectivity index (χ4v) is 4.75. The lowest BCUT2D eigenvalue weighted by Crippen LogP contribution is -2.26. The first kappa shape index (κ1) is 23.5. The first-order valence-corrected chi connectivity index (χ1v) is 12.0. The van der Waals surface area contributed by atoms with Crippen LogP contribution < -0.4 is 9.86 Å². The summed E-state index contributed by atoms with van der Waals surface area (Å²) in [6.45, 7) is 1.54. The lowest BCUT2D eigenvalue weighted by Gasteiger charge is -2.20. The summed E-state index contributed by atoms with van der Waals surface area (Å²) in [5, 5.41) is 0.437. The van der Waals surface area contributed by atoms with E-state index in [0.29, 0.717) is 16.6 Å². The largest absolute Gasteiger partial charge is 0.451 e. The number of carbonyl (C=O) groups excluding carboxylic acids is 1. The van der Waals surface area contributed by atoms with Gasteiger partial charge in [0.2, 0.25) is 0 Å². The molecule has 34 heavy (non-hydrogen) atoms. The second-order valence-electron chi connectivity index (χ2n) is 7.47. The molecule has 0 aliphatic carbocycles. The smallest absolute Gasteiger partial charge is 0.340 e. The van der Waals surface area contributed by atoms with E-state index in [1.54, 1.807) is 61.5 Å². The van der Waals surface area contributed by atoms with Gasteiger partial charge in [-0.05, 0) is 49.4 Å². The zero-order chi connectivity index (χ0) is 24.5. The minimum absolute atomic E-state index is 0.0264. The molecule has 0 amide bonds. The Labute approximate surface area is 200 Å². The Hall–Kier alpha value is -3.69. The molecule has 174 valence electrons. The van der Waals surface area contributed by atoms with Crippen molar-refractivity contribution in [2.75, 3.05) is 11.4 Å². The molecule has 4 aromatic rings. The maximum absolute atomic E-state index is 13.1. The minimum Gasteiger partial charge on any atom is -0.451 e. The summed E-state index contributed by atoms with van der Waals surface area (Å²) in [5.41, 5.74) is 0.429. The number of aromatic nitrogens is 2. The van der Waals surface area contributed by atoms with Crippen LogP contribution in [-0.2, 0) is 14.8 Å². The molecule has 0 aliphatic heterocycles. The van der Waals surface area contributed by atoms with Crippen LogP contribution in [0.4, 0.5) is 5.69 Å². The number of rotatable bonds is 6. The summed E-state index contributed by atoms with van der Waals surface area (Å²) in [6, 6.07) is 19.1. The Bertz CT molecular complexity index is 1540. The molecule has 1 N–H and O–H groups in total. The fraction of sp³-hybridized carbons (Fsp3) is 0.125. The van der Waals surface area contributed by atoms with Crippen LogP contribution in [0.15, 0.2) is 82.5 Å². The van der Waals surface area contributed by atoms with E-state index in [1.807, 2.05) is 0 Å². The Kier molecular flexibility index (Phi) is 6.41. The number of fused-ring (bicyclic) bond motifs is 1. The van der Waals surface area contributed by atoms with Gasteiger partial charge >= 0.3 is 5.97 Å². The molecule has 0 aliphatic rings. The summed E-state index contributed by atoms with van der Waals surface area (Å²) < 4.78 is 32.8. The summed E-state index contributed by atoms with van der Waals surface area (Å²) in [4.78, 5) is 32.0. The quantitative estimate of drug-likeness (QED) is 0.397. The van der Waals surface area contributed by atoms with Gasteiger partial charge in [-0.3, -0.25) is 9.10 Å². The Morgan fingerprint density at radius 2 is 1.74 bits per heavy atom. The minimum atomic E-state index is -3.97. The lowest BCUT2D eigenvalue weighted by atomic mass is 10.2. The molecule has 0 unspecified atom stereocenters. The molecule has 1 atom stereocenters. The number of sulfonamides is 1. The number of hydrogen-bond acceptors (Lipinski definition) is 6. The molecule has 0 radical (unpaired) electrons. The normalized spacial score (nSPS) is 12.3. The summed E-state index contributed by atoms with van der Waals surface area (Å²) in [6.07, 6.45) is -0.923. The van der Waals surface area contributed by atoms with Crippen molar-refractivity contribution in [3.63, 3.8) is 0 Å². The number of H-pyrrole nitrogens is 1. The van der Waals surface area contributed by atoms with Crippen LogP contribution in [0.25, 0.3) is 10.9 Å². The van der Waals surface area contributed by atoms with E-state index in [-0.39, 0.29) is 26.9 Å². The summed E-state index contributed by atoms with van der Waals surface area (Å²) >= 11 is 6.19. The van der Waals surface area contributed by atoms with Gasteiger partial charge in [-0.1, -0.05) is 41.9 Å². The molecular weight excluding hydrogens is 478 g/mol. The average molecular weight is 498 g/mol. The van der Waals surface area contributed by atoms with Crippen LogP contribution in [0.3, 0.4) is 0 Å². The second kappa shape index (κ2) is 9.28. The first-order chi connectivity index (χ1) is 16.2. The monoisotopic (exact) mass is 497 g/mol. The predicted octanol–water partition coefficient (Wildman–Crippen LogP) is 4.32. The number of halogens is 1. The Morgan fingerprint density at radius 3 is 2.47 bits per heavy atom. The highest BCUT2D eigenvalue weighted by atomic mass is 35.5. The van der Waals surface area contributed by atoms with Gasteiger partial charge in [-0.2, -0.15) is 0 Å². The van der Waals surface area contributed by atoms with Gasteiger partial charge in [0.1, 0.15) is 0 Å². The van der Waals surface area contributed by atoms with Crippen molar-refractivity contribution in [2.24, 2.45) is 0 Å². The van der Waals surface area contributed by atoms with Crippen molar-refractivity contribution in [1.82, 2.24) is 9.97 Å². The SMILES string of the molecule is C[C@H](OC(=O)c1cc(S(=O)(=O)N(C)c2ccccc2)ccc1Cl)c1nc2ccccc2c(=O)[nH]1. The van der Waals surface area contributed by atoms with Crippen LogP contribution in [0.1, 0.15) is 29.2 Å². The highest BCUT2D eigenvalue weighted by molar-refractivity contribution is 7.92. The summed E-state index contributed by atoms with van der Waals surface area (Å²) in [5.74, 6) is -0.700. The number of nitrogens with zero attached hydrogens (tertiary/aromatic N) is 2. The van der Waals surface area contributed by atoms with Crippen molar-refractivity contribution in [3.8, 4) is 0 Å². The van der Waals surface area contributed by atoms with Gasteiger partial charge in [-0.15, -0.1) is 0 Å². The predicted molar refractivity (Wildman–Crippen MR) is 130 cm³/mol. The number of ether oxygens (including phenoxy) is 1. The number of hydrogen-bond donors (Lipinski definition) is 1. The molecule has 3 aromatic carbocycles. The van der Waals surface area contributed by atoms with Gasteiger partial charge in [0.25, 0.3) is 15.6 Å². The molecule has 4 rings (SSSR count). The van der Waals surface area contributed by atoms with Gasteiger partial charge < -0.3 is 9.72 Å². The molecule has 0 saturated heterocycles. The van der Waals surface area contributed by atoms with E-state index in [0.717, 1.165) is 4.31 Å². The van der Waals surface area contributed by atoms with Crippen molar-refractivity contribution in [1.29, 1.82) is 0 Å². The highest BCUT2D eigenvalue weighted by Gasteiger charge is 2.25. The number of benzene rings is 3. The van der Waals surface area contributed by atoms with E-state index in [4.69, 9.17) is 16.3 Å². The highest BCUT2D eigenvalue weighted by Crippen LogP contribution is 2.27. The van der Waals surface area contributed by atoms with Gasteiger partial charge in [0, 0.05) is 7.05 Å². The number of aromatic amines is 1. The molecule has 0 spiro atoms. The molecule has 0 saturated carbocycles. The van der Waals surface area contributed by atoms with Crippen molar-refractivity contribution >= 4 is 44.2 Å². The van der Waals surface area contributed by atoms with Crippen LogP contribution >= 0.6 is 11.6 Å². The molecular formula is C24H20ClN3O5S. The van der Waals surface area contributed by atoms with E-state index in [2.05, 4.69) is 9.97 Å². The van der Waals surface area contributed by atoms with Gasteiger partial charge in [0.05, 0.1) is 32.1 Å². The van der Waals surface area contributed by atoms with E-state index in [1.165, 1.54) is 25.2 Å². The van der Waals surface area contributed by atoms with Crippen molar-refractivity contribution in [2.45, 2.75) is 17.9 Å². The number of carbonyl (C=O) groups is 1. The number of esters is 1. The van der Waals surface area contributed by atoms with Crippen molar-refractivity contribution in [3.05, 3.63) is 99.6 Å². The molecule has 0 fully saturated rings. The maximum atomic E-state index is 13.1. The van der Waals surface area contributed by atoms with Gasteiger partial charge in [-0.25, -0.2) is 18.2 Å². The van der Waals surface area contributed by atoms with Gasteiger partial charge in [0.15, 0.2) is 11.9 Å². The molecule has 1 heterocycles. The molecule has 0 bridgehead atoms. The van der Waals surface area contributed by atoms with Crippen molar-refractivity contribution < 1.29 is 17.9 Å². The fourth-order valence-electron chi connectivity index (χ4n) is 3.33. The maximum Gasteiger partial charge on any atom is 0.340 e. The third kappa shape index (κ3) is 4.52. The lowest BCUT2D eigenvalue weighted by molar-refractivity contribution is 0.0320. The zero-order valence-corrected chi connectivity index (χ0v) is 19.8. The van der Waals surface area contributed by atoms with Crippen LogP contribution in [0, 0.1) is 0 Å². The van der Waals surface area contributed by atoms with Crippen LogP contribution in [0.5, 0.6) is 0 Å².